The number of rotatable bonds is 3. The summed E-state index contributed by atoms with van der Waals surface area (Å²) in [5.41, 5.74) is 2.91. The number of aromatic nitrogens is 1. The molecule has 2 aromatic carbocycles. The number of carbonyl (C=O) groups excluding carboxylic acids is 2. The van der Waals surface area contributed by atoms with Crippen molar-refractivity contribution >= 4 is 44.8 Å². The van der Waals surface area contributed by atoms with Gasteiger partial charge in [-0.2, -0.15) is 0 Å². The van der Waals surface area contributed by atoms with Gasteiger partial charge in [-0.15, -0.1) is 0 Å². The molecule has 138 valence electrons. The molecule has 0 aliphatic rings. The summed E-state index contributed by atoms with van der Waals surface area (Å²) in [4.78, 5) is 25.6. The summed E-state index contributed by atoms with van der Waals surface area (Å²) in [7, 11) is 0. The molecule has 4 aromatic rings. The molecule has 0 atom stereocenters. The SMILES string of the molecule is CCOC(=O)c1c(C)c2occc2c2c1c1ccccc1n2C(=O)OCC. The number of benzene rings is 2. The zero-order chi connectivity index (χ0) is 19.1. The highest BCUT2D eigenvalue weighted by Gasteiger charge is 2.27. The average molecular weight is 365 g/mol. The van der Waals surface area contributed by atoms with E-state index in [0.717, 1.165) is 10.8 Å². The fourth-order valence-corrected chi connectivity index (χ4v) is 3.67. The quantitative estimate of drug-likeness (QED) is 0.476. The third-order valence-corrected chi connectivity index (χ3v) is 4.69. The normalized spacial score (nSPS) is 11.4. The predicted octanol–water partition coefficient (Wildman–Crippen LogP) is 5.03. The molecule has 0 aliphatic carbocycles. The Kier molecular flexibility index (Phi) is 4.11. The Hall–Kier alpha value is -3.28. The van der Waals surface area contributed by atoms with Gasteiger partial charge in [0.15, 0.2) is 0 Å². The Morgan fingerprint density at radius 1 is 1.04 bits per heavy atom. The number of aryl methyl sites for hydroxylation is 1. The molecule has 6 nitrogen and oxygen atoms in total. The second-order valence-electron chi connectivity index (χ2n) is 6.16. The van der Waals surface area contributed by atoms with Crippen LogP contribution in [-0.2, 0) is 9.47 Å². The monoisotopic (exact) mass is 365 g/mol. The summed E-state index contributed by atoms with van der Waals surface area (Å²) in [5.74, 6) is -0.440. The van der Waals surface area contributed by atoms with E-state index in [4.69, 9.17) is 13.9 Å². The molecule has 0 saturated carbocycles. The van der Waals surface area contributed by atoms with Crippen LogP contribution in [0.2, 0.25) is 0 Å². The molecular weight excluding hydrogens is 346 g/mol. The summed E-state index contributed by atoms with van der Waals surface area (Å²) in [5, 5.41) is 2.21. The van der Waals surface area contributed by atoms with E-state index in [1.165, 1.54) is 4.57 Å². The lowest BCUT2D eigenvalue weighted by Crippen LogP contribution is -2.14. The van der Waals surface area contributed by atoms with Gasteiger partial charge >= 0.3 is 12.1 Å². The zero-order valence-corrected chi connectivity index (χ0v) is 15.4. The minimum absolute atomic E-state index is 0.248. The van der Waals surface area contributed by atoms with Crippen LogP contribution in [0, 0.1) is 6.92 Å². The lowest BCUT2D eigenvalue weighted by Gasteiger charge is -2.10. The summed E-state index contributed by atoms with van der Waals surface area (Å²) in [6.45, 7) is 5.85. The second-order valence-corrected chi connectivity index (χ2v) is 6.16. The van der Waals surface area contributed by atoms with Crippen molar-refractivity contribution in [3.63, 3.8) is 0 Å². The van der Waals surface area contributed by atoms with E-state index in [2.05, 4.69) is 0 Å². The lowest BCUT2D eigenvalue weighted by atomic mass is 9.98. The first-order valence-corrected chi connectivity index (χ1v) is 8.87. The van der Waals surface area contributed by atoms with Gasteiger partial charge in [-0.25, -0.2) is 14.2 Å². The number of para-hydroxylation sites is 1. The van der Waals surface area contributed by atoms with Gasteiger partial charge in [-0.3, -0.25) is 0 Å². The van der Waals surface area contributed by atoms with Crippen LogP contribution in [0.3, 0.4) is 0 Å². The van der Waals surface area contributed by atoms with E-state index in [1.54, 1.807) is 26.2 Å². The molecule has 2 aromatic heterocycles. The highest BCUT2D eigenvalue weighted by molar-refractivity contribution is 6.27. The summed E-state index contributed by atoms with van der Waals surface area (Å²) >= 11 is 0. The first-order chi connectivity index (χ1) is 13.1. The van der Waals surface area contributed by atoms with Crippen LogP contribution in [0.4, 0.5) is 4.79 Å². The molecule has 27 heavy (non-hydrogen) atoms. The van der Waals surface area contributed by atoms with E-state index in [-0.39, 0.29) is 13.2 Å². The van der Waals surface area contributed by atoms with Crippen molar-refractivity contribution in [3.8, 4) is 0 Å². The van der Waals surface area contributed by atoms with Crippen molar-refractivity contribution < 1.29 is 23.5 Å². The molecule has 6 heteroatoms. The van der Waals surface area contributed by atoms with Gasteiger partial charge in [0.05, 0.1) is 36.1 Å². The van der Waals surface area contributed by atoms with Crippen molar-refractivity contribution in [3.05, 3.63) is 47.7 Å². The maximum Gasteiger partial charge on any atom is 0.418 e. The van der Waals surface area contributed by atoms with E-state index in [1.807, 2.05) is 31.2 Å². The Morgan fingerprint density at radius 2 is 1.78 bits per heavy atom. The highest BCUT2D eigenvalue weighted by Crippen LogP contribution is 2.40. The van der Waals surface area contributed by atoms with Gasteiger partial charge in [-0.1, -0.05) is 18.2 Å². The standard InChI is InChI=1S/C21H19NO5/c1-4-25-20(23)16-12(3)19-14(10-11-27-19)18-17(16)13-8-6-7-9-15(13)22(18)21(24)26-5-2/h6-11H,4-5H2,1-3H3. The van der Waals surface area contributed by atoms with Gasteiger partial charge in [0.1, 0.15) is 5.58 Å². The number of esters is 1. The topological polar surface area (TPSA) is 70.7 Å². The number of carbonyl (C=O) groups is 2. The van der Waals surface area contributed by atoms with Crippen molar-refractivity contribution in [1.29, 1.82) is 0 Å². The fraction of sp³-hybridized carbons (Fsp3) is 0.238. The smallest absolute Gasteiger partial charge is 0.418 e. The number of fused-ring (bicyclic) bond motifs is 5. The molecule has 0 spiro atoms. The van der Waals surface area contributed by atoms with Crippen LogP contribution in [0.1, 0.15) is 29.8 Å². The lowest BCUT2D eigenvalue weighted by molar-refractivity contribution is 0.0528. The highest BCUT2D eigenvalue weighted by atomic mass is 16.5. The van der Waals surface area contributed by atoms with Crippen LogP contribution in [0.25, 0.3) is 32.8 Å². The Morgan fingerprint density at radius 3 is 2.52 bits per heavy atom. The Bertz CT molecular complexity index is 1200. The van der Waals surface area contributed by atoms with Crippen LogP contribution in [-0.4, -0.2) is 29.8 Å². The number of hydrogen-bond donors (Lipinski definition) is 0. The maximum absolute atomic E-state index is 12.8. The molecule has 0 N–H and O–H groups in total. The predicted molar refractivity (Wildman–Crippen MR) is 102 cm³/mol. The fourth-order valence-electron chi connectivity index (χ4n) is 3.67. The molecule has 4 rings (SSSR count). The molecule has 0 bridgehead atoms. The zero-order valence-electron chi connectivity index (χ0n) is 15.4. The Balaban J connectivity index is 2.27. The van der Waals surface area contributed by atoms with Gasteiger partial charge in [0.25, 0.3) is 0 Å². The molecule has 0 aliphatic heterocycles. The molecule has 0 radical (unpaired) electrons. The van der Waals surface area contributed by atoms with E-state index >= 15 is 0 Å². The van der Waals surface area contributed by atoms with Crippen LogP contribution in [0.15, 0.2) is 41.0 Å². The first kappa shape index (κ1) is 17.1. The van der Waals surface area contributed by atoms with E-state index in [9.17, 15) is 9.59 Å². The van der Waals surface area contributed by atoms with E-state index < -0.39 is 12.1 Å². The van der Waals surface area contributed by atoms with Crippen LogP contribution in [0.5, 0.6) is 0 Å². The molecule has 0 fully saturated rings. The van der Waals surface area contributed by atoms with Gasteiger partial charge in [0.2, 0.25) is 0 Å². The summed E-state index contributed by atoms with van der Waals surface area (Å²) in [6.07, 6.45) is 1.06. The van der Waals surface area contributed by atoms with Gasteiger partial charge in [-0.05, 0) is 32.9 Å². The van der Waals surface area contributed by atoms with Crippen LogP contribution < -0.4 is 0 Å². The first-order valence-electron chi connectivity index (χ1n) is 8.87. The van der Waals surface area contributed by atoms with E-state index in [0.29, 0.717) is 33.1 Å². The average Bonchev–Trinajstić information content (AvgIpc) is 3.25. The molecule has 2 heterocycles. The minimum Gasteiger partial charge on any atom is -0.464 e. The number of furan rings is 1. The maximum atomic E-state index is 12.8. The second kappa shape index (κ2) is 6.46. The summed E-state index contributed by atoms with van der Waals surface area (Å²) < 4.78 is 17.7. The third kappa shape index (κ3) is 2.40. The number of hydrogen-bond acceptors (Lipinski definition) is 5. The summed E-state index contributed by atoms with van der Waals surface area (Å²) in [6, 6.07) is 9.25. The van der Waals surface area contributed by atoms with Gasteiger partial charge in [0, 0.05) is 21.7 Å². The van der Waals surface area contributed by atoms with Crippen molar-refractivity contribution in [2.75, 3.05) is 13.2 Å². The number of ether oxygens (including phenoxy) is 2. The molecule has 0 unspecified atom stereocenters. The van der Waals surface area contributed by atoms with Gasteiger partial charge < -0.3 is 13.9 Å². The van der Waals surface area contributed by atoms with Crippen molar-refractivity contribution in [2.24, 2.45) is 0 Å². The minimum atomic E-state index is -0.495. The number of nitrogens with zero attached hydrogens (tertiary/aromatic N) is 1. The van der Waals surface area contributed by atoms with Crippen molar-refractivity contribution in [1.82, 2.24) is 4.57 Å². The van der Waals surface area contributed by atoms with Crippen molar-refractivity contribution in [2.45, 2.75) is 20.8 Å². The Labute approximate surface area is 155 Å². The third-order valence-electron chi connectivity index (χ3n) is 4.69. The molecule has 0 amide bonds. The molecule has 0 saturated heterocycles. The largest absolute Gasteiger partial charge is 0.464 e. The van der Waals surface area contributed by atoms with Crippen LogP contribution >= 0.6 is 0 Å². The molecular formula is C21H19NO5.